The molecule has 1 saturated heterocycles. The van der Waals surface area contributed by atoms with Crippen LogP contribution in [0.2, 0.25) is 0 Å². The SMILES string of the molecule is CC1(c2cccc(C(=O)O)c2)NC(=O)NC1=O. The number of benzene rings is 1. The number of carbonyl (C=O) groups excluding carboxylic acids is 2. The minimum Gasteiger partial charge on any atom is -0.478 e. The molecule has 1 aliphatic heterocycles. The van der Waals surface area contributed by atoms with Crippen LogP contribution in [-0.4, -0.2) is 23.0 Å². The number of imide groups is 1. The molecule has 1 heterocycles. The third-order valence-electron chi connectivity index (χ3n) is 2.73. The van der Waals surface area contributed by atoms with Gasteiger partial charge in [-0.1, -0.05) is 12.1 Å². The summed E-state index contributed by atoms with van der Waals surface area (Å²) in [5.41, 5.74) is -0.721. The average Bonchev–Trinajstić information content (AvgIpc) is 2.54. The molecule has 1 aliphatic rings. The van der Waals surface area contributed by atoms with Crippen LogP contribution in [0.4, 0.5) is 4.79 Å². The van der Waals surface area contributed by atoms with Gasteiger partial charge in [0.15, 0.2) is 0 Å². The summed E-state index contributed by atoms with van der Waals surface area (Å²) in [6.45, 7) is 1.52. The molecule has 1 aromatic rings. The molecule has 0 bridgehead atoms. The Morgan fingerprint density at radius 1 is 1.35 bits per heavy atom. The van der Waals surface area contributed by atoms with Gasteiger partial charge in [0.25, 0.3) is 5.91 Å². The predicted octanol–water partition coefficient (Wildman–Crippen LogP) is 0.439. The van der Waals surface area contributed by atoms with Crippen LogP contribution in [0.3, 0.4) is 0 Å². The average molecular weight is 234 g/mol. The van der Waals surface area contributed by atoms with E-state index in [1.54, 1.807) is 6.07 Å². The number of hydrogen-bond donors (Lipinski definition) is 3. The van der Waals surface area contributed by atoms with Crippen molar-refractivity contribution in [3.05, 3.63) is 35.4 Å². The first kappa shape index (κ1) is 11.1. The van der Waals surface area contributed by atoms with E-state index in [-0.39, 0.29) is 5.56 Å². The van der Waals surface area contributed by atoms with Crippen molar-refractivity contribution in [2.75, 3.05) is 0 Å². The summed E-state index contributed by atoms with van der Waals surface area (Å²) in [5.74, 6) is -1.58. The molecule has 0 spiro atoms. The van der Waals surface area contributed by atoms with E-state index >= 15 is 0 Å². The Morgan fingerprint density at radius 3 is 2.59 bits per heavy atom. The Labute approximate surface area is 96.6 Å². The van der Waals surface area contributed by atoms with Gasteiger partial charge in [-0.25, -0.2) is 9.59 Å². The maximum atomic E-state index is 11.6. The lowest BCUT2D eigenvalue weighted by atomic mass is 9.91. The van der Waals surface area contributed by atoms with Gasteiger partial charge in [0.2, 0.25) is 0 Å². The van der Waals surface area contributed by atoms with E-state index < -0.39 is 23.4 Å². The molecular weight excluding hydrogens is 224 g/mol. The van der Waals surface area contributed by atoms with E-state index in [2.05, 4.69) is 10.6 Å². The van der Waals surface area contributed by atoms with Gasteiger partial charge in [0.1, 0.15) is 5.54 Å². The van der Waals surface area contributed by atoms with Gasteiger partial charge in [-0.3, -0.25) is 10.1 Å². The second-order valence-electron chi connectivity index (χ2n) is 3.92. The van der Waals surface area contributed by atoms with Crippen LogP contribution in [0.5, 0.6) is 0 Å². The quantitative estimate of drug-likeness (QED) is 0.647. The minimum absolute atomic E-state index is 0.0673. The molecule has 2 rings (SSSR count). The number of amides is 3. The van der Waals surface area contributed by atoms with Crippen LogP contribution in [0.15, 0.2) is 24.3 Å². The molecule has 1 aromatic carbocycles. The summed E-state index contributed by atoms with van der Waals surface area (Å²) < 4.78 is 0. The zero-order chi connectivity index (χ0) is 12.6. The van der Waals surface area contributed by atoms with E-state index in [0.717, 1.165) is 0 Å². The fraction of sp³-hybridized carbons (Fsp3) is 0.182. The van der Waals surface area contributed by atoms with Gasteiger partial charge in [0.05, 0.1) is 5.56 Å². The van der Waals surface area contributed by atoms with E-state index in [4.69, 9.17) is 5.11 Å². The van der Waals surface area contributed by atoms with Crippen LogP contribution in [0.25, 0.3) is 0 Å². The molecule has 1 atom stereocenters. The monoisotopic (exact) mass is 234 g/mol. The third-order valence-corrected chi connectivity index (χ3v) is 2.73. The fourth-order valence-electron chi connectivity index (χ4n) is 1.71. The smallest absolute Gasteiger partial charge is 0.335 e. The Kier molecular flexibility index (Phi) is 2.35. The number of carbonyl (C=O) groups is 3. The number of carboxylic acids is 1. The topological polar surface area (TPSA) is 95.5 Å². The maximum absolute atomic E-state index is 11.6. The molecular formula is C11H10N2O4. The summed E-state index contributed by atoms with van der Waals surface area (Å²) in [7, 11) is 0. The van der Waals surface area contributed by atoms with Crippen molar-refractivity contribution in [1.29, 1.82) is 0 Å². The first-order valence-electron chi connectivity index (χ1n) is 4.91. The lowest BCUT2D eigenvalue weighted by molar-refractivity contribution is -0.123. The Balaban J connectivity index is 2.47. The van der Waals surface area contributed by atoms with Gasteiger partial charge in [-0.15, -0.1) is 0 Å². The van der Waals surface area contributed by atoms with Gasteiger partial charge < -0.3 is 10.4 Å². The number of urea groups is 1. The standard InChI is InChI=1S/C11H10N2O4/c1-11(9(16)12-10(17)13-11)7-4-2-3-6(5-7)8(14)15/h2-5H,1H3,(H,14,15)(H2,12,13,16,17). The van der Waals surface area contributed by atoms with E-state index in [9.17, 15) is 14.4 Å². The van der Waals surface area contributed by atoms with Crippen molar-refractivity contribution >= 4 is 17.9 Å². The molecule has 1 unspecified atom stereocenters. The summed E-state index contributed by atoms with van der Waals surface area (Å²) in [6, 6.07) is 5.33. The highest BCUT2D eigenvalue weighted by atomic mass is 16.4. The molecule has 6 heteroatoms. The second kappa shape index (κ2) is 3.58. The lowest BCUT2D eigenvalue weighted by Crippen LogP contribution is -2.40. The molecule has 3 amide bonds. The van der Waals surface area contributed by atoms with Crippen LogP contribution in [0, 0.1) is 0 Å². The maximum Gasteiger partial charge on any atom is 0.335 e. The van der Waals surface area contributed by atoms with Crippen molar-refractivity contribution in [1.82, 2.24) is 10.6 Å². The molecule has 0 saturated carbocycles. The molecule has 6 nitrogen and oxygen atoms in total. The van der Waals surface area contributed by atoms with E-state index in [1.807, 2.05) is 0 Å². The van der Waals surface area contributed by atoms with Gasteiger partial charge >= 0.3 is 12.0 Å². The van der Waals surface area contributed by atoms with Crippen molar-refractivity contribution in [3.63, 3.8) is 0 Å². The Bertz CT molecular complexity index is 526. The minimum atomic E-state index is -1.22. The highest BCUT2D eigenvalue weighted by Gasteiger charge is 2.43. The van der Waals surface area contributed by atoms with Gasteiger partial charge in [-0.05, 0) is 24.6 Å². The Morgan fingerprint density at radius 2 is 2.06 bits per heavy atom. The van der Waals surface area contributed by atoms with Crippen molar-refractivity contribution < 1.29 is 19.5 Å². The molecule has 88 valence electrons. The van der Waals surface area contributed by atoms with Crippen molar-refractivity contribution in [2.45, 2.75) is 12.5 Å². The van der Waals surface area contributed by atoms with Crippen LogP contribution in [-0.2, 0) is 10.3 Å². The van der Waals surface area contributed by atoms with Gasteiger partial charge in [-0.2, -0.15) is 0 Å². The molecule has 0 radical (unpaired) electrons. The summed E-state index contributed by atoms with van der Waals surface area (Å²) >= 11 is 0. The van der Waals surface area contributed by atoms with Crippen LogP contribution in [0.1, 0.15) is 22.8 Å². The zero-order valence-electron chi connectivity index (χ0n) is 8.98. The Hall–Kier alpha value is -2.37. The largest absolute Gasteiger partial charge is 0.478 e. The lowest BCUT2D eigenvalue weighted by Gasteiger charge is -2.21. The van der Waals surface area contributed by atoms with E-state index in [1.165, 1.54) is 25.1 Å². The highest BCUT2D eigenvalue weighted by Crippen LogP contribution is 2.24. The number of hydrogen-bond acceptors (Lipinski definition) is 3. The molecule has 0 aliphatic carbocycles. The molecule has 1 fully saturated rings. The van der Waals surface area contributed by atoms with Crippen molar-refractivity contribution in [3.8, 4) is 0 Å². The molecule has 17 heavy (non-hydrogen) atoms. The summed E-state index contributed by atoms with van der Waals surface area (Å²) in [6.07, 6.45) is 0. The third kappa shape index (κ3) is 1.73. The summed E-state index contributed by atoms with van der Waals surface area (Å²) in [4.78, 5) is 33.6. The number of aromatic carboxylic acids is 1. The van der Waals surface area contributed by atoms with E-state index in [0.29, 0.717) is 5.56 Å². The first-order chi connectivity index (χ1) is 7.93. The highest BCUT2D eigenvalue weighted by molar-refractivity contribution is 6.07. The van der Waals surface area contributed by atoms with Crippen LogP contribution >= 0.6 is 0 Å². The summed E-state index contributed by atoms with van der Waals surface area (Å²) in [5, 5.41) is 13.5. The normalized spacial score (nSPS) is 23.1. The molecule has 0 aromatic heterocycles. The molecule has 3 N–H and O–H groups in total. The van der Waals surface area contributed by atoms with Crippen molar-refractivity contribution in [2.24, 2.45) is 0 Å². The van der Waals surface area contributed by atoms with Crippen LogP contribution < -0.4 is 10.6 Å². The second-order valence-corrected chi connectivity index (χ2v) is 3.92. The predicted molar refractivity (Wildman–Crippen MR) is 57.4 cm³/mol. The number of nitrogens with one attached hydrogen (secondary N) is 2. The first-order valence-corrected chi connectivity index (χ1v) is 4.91. The fourth-order valence-corrected chi connectivity index (χ4v) is 1.71. The zero-order valence-corrected chi connectivity index (χ0v) is 8.98. The van der Waals surface area contributed by atoms with Gasteiger partial charge in [0, 0.05) is 0 Å². The number of carboxylic acid groups (broad SMARTS) is 1. The number of rotatable bonds is 2.